The molecule has 0 aliphatic heterocycles. The van der Waals surface area contributed by atoms with Gasteiger partial charge in [0, 0.05) is 17.3 Å². The highest BCUT2D eigenvalue weighted by Gasteiger charge is 2.12. The van der Waals surface area contributed by atoms with E-state index in [1.807, 2.05) is 20.8 Å². The lowest BCUT2D eigenvalue weighted by molar-refractivity contribution is 0.0946. The first-order chi connectivity index (χ1) is 7.93. The van der Waals surface area contributed by atoms with Gasteiger partial charge in [-0.15, -0.1) is 6.58 Å². The maximum atomic E-state index is 11.9. The summed E-state index contributed by atoms with van der Waals surface area (Å²) in [5.74, 6) is 0.0701. The largest absolute Gasteiger partial charge is 0.346 e. The molecule has 0 aliphatic carbocycles. The lowest BCUT2D eigenvalue weighted by atomic mass is 10.1. The lowest BCUT2D eigenvalue weighted by Crippen LogP contribution is -2.31. The van der Waals surface area contributed by atoms with Crippen LogP contribution >= 0.6 is 11.6 Å². The number of halogens is 1. The second-order valence-corrected chi connectivity index (χ2v) is 4.64. The lowest BCUT2D eigenvalue weighted by Gasteiger charge is -2.11. The predicted molar refractivity (Wildman–Crippen MR) is 70.5 cm³/mol. The summed E-state index contributed by atoms with van der Waals surface area (Å²) in [6.45, 7) is 9.49. The summed E-state index contributed by atoms with van der Waals surface area (Å²) < 4.78 is 0. The number of hydrogen-bond acceptors (Lipinski definition) is 2. The summed E-state index contributed by atoms with van der Waals surface area (Å²) in [5.41, 5.74) is 1.34. The van der Waals surface area contributed by atoms with Crippen LogP contribution in [0.15, 0.2) is 24.8 Å². The van der Waals surface area contributed by atoms with Crippen LogP contribution in [0.4, 0.5) is 0 Å². The molecule has 92 valence electrons. The van der Waals surface area contributed by atoms with Crippen LogP contribution in [-0.2, 0) is 0 Å². The fourth-order valence-corrected chi connectivity index (χ4v) is 1.51. The third kappa shape index (κ3) is 3.86. The van der Waals surface area contributed by atoms with Crippen LogP contribution in [0.1, 0.15) is 42.7 Å². The Bertz CT molecular complexity index is 429. The molecular weight excluding hydrogens is 236 g/mol. The fraction of sp³-hybridized carbons (Fsp3) is 0.385. The summed E-state index contributed by atoms with van der Waals surface area (Å²) >= 11 is 5.90. The van der Waals surface area contributed by atoms with Gasteiger partial charge in [-0.05, 0) is 25.0 Å². The number of nitrogens with zero attached hydrogens (tertiary/aromatic N) is 1. The number of hydrogen-bond donors (Lipinski definition) is 1. The summed E-state index contributed by atoms with van der Waals surface area (Å²) in [6.07, 6.45) is 1.67. The Morgan fingerprint density at radius 2 is 2.12 bits per heavy atom. The van der Waals surface area contributed by atoms with E-state index in [0.717, 1.165) is 5.69 Å². The zero-order chi connectivity index (χ0) is 13.0. The number of carbonyl (C=O) groups is 1. The highest BCUT2D eigenvalue weighted by atomic mass is 35.5. The Hall–Kier alpha value is -1.35. The van der Waals surface area contributed by atoms with E-state index in [1.54, 1.807) is 18.2 Å². The SMILES string of the molecule is C=CC(C)NC(=O)c1cc(Cl)nc(C(C)C)c1. The Labute approximate surface area is 107 Å². The number of aromatic nitrogens is 1. The third-order valence-corrected chi connectivity index (χ3v) is 2.57. The van der Waals surface area contributed by atoms with Gasteiger partial charge < -0.3 is 5.32 Å². The molecule has 1 N–H and O–H groups in total. The zero-order valence-electron chi connectivity index (χ0n) is 10.3. The summed E-state index contributed by atoms with van der Waals surface area (Å²) in [7, 11) is 0. The highest BCUT2D eigenvalue weighted by Crippen LogP contribution is 2.17. The standard InChI is InChI=1S/C13H17ClN2O/c1-5-9(4)15-13(17)10-6-11(8(2)3)16-12(14)7-10/h5-9H,1H2,2-4H3,(H,15,17). The van der Waals surface area contributed by atoms with Gasteiger partial charge in [0.25, 0.3) is 5.91 Å². The normalized spacial score (nSPS) is 12.3. The molecule has 17 heavy (non-hydrogen) atoms. The second kappa shape index (κ2) is 5.82. The molecule has 1 aromatic heterocycles. The second-order valence-electron chi connectivity index (χ2n) is 4.26. The van der Waals surface area contributed by atoms with E-state index in [9.17, 15) is 4.79 Å². The molecule has 0 bridgehead atoms. The van der Waals surface area contributed by atoms with Crippen molar-refractivity contribution >= 4 is 17.5 Å². The zero-order valence-corrected chi connectivity index (χ0v) is 11.1. The smallest absolute Gasteiger partial charge is 0.251 e. The van der Waals surface area contributed by atoms with E-state index in [-0.39, 0.29) is 17.9 Å². The van der Waals surface area contributed by atoms with Gasteiger partial charge in [0.05, 0.1) is 0 Å². The van der Waals surface area contributed by atoms with Crippen molar-refractivity contribution in [2.45, 2.75) is 32.7 Å². The summed E-state index contributed by atoms with van der Waals surface area (Å²) in [5, 5.41) is 3.14. The van der Waals surface area contributed by atoms with E-state index in [2.05, 4.69) is 16.9 Å². The minimum absolute atomic E-state index is 0.0723. The average Bonchev–Trinajstić information content (AvgIpc) is 2.27. The summed E-state index contributed by atoms with van der Waals surface area (Å²) in [4.78, 5) is 16.1. The molecule has 0 spiro atoms. The van der Waals surface area contributed by atoms with E-state index in [0.29, 0.717) is 10.7 Å². The molecule has 0 radical (unpaired) electrons. The quantitative estimate of drug-likeness (QED) is 0.661. The van der Waals surface area contributed by atoms with Crippen molar-refractivity contribution in [3.63, 3.8) is 0 Å². The van der Waals surface area contributed by atoms with Gasteiger partial charge in [-0.2, -0.15) is 0 Å². The number of nitrogens with one attached hydrogen (secondary N) is 1. The molecule has 1 aromatic rings. The van der Waals surface area contributed by atoms with Crippen LogP contribution < -0.4 is 5.32 Å². The Kier molecular flexibility index (Phi) is 4.70. The van der Waals surface area contributed by atoms with Crippen molar-refractivity contribution in [2.24, 2.45) is 0 Å². The van der Waals surface area contributed by atoms with Crippen molar-refractivity contribution in [2.75, 3.05) is 0 Å². The molecule has 0 saturated heterocycles. The maximum Gasteiger partial charge on any atom is 0.251 e. The van der Waals surface area contributed by atoms with E-state index < -0.39 is 0 Å². The number of pyridine rings is 1. The molecule has 0 aromatic carbocycles. The molecular formula is C13H17ClN2O. The highest BCUT2D eigenvalue weighted by molar-refractivity contribution is 6.29. The topological polar surface area (TPSA) is 42.0 Å². The van der Waals surface area contributed by atoms with Crippen LogP contribution in [0.5, 0.6) is 0 Å². The minimum Gasteiger partial charge on any atom is -0.346 e. The van der Waals surface area contributed by atoms with E-state index in [1.165, 1.54) is 0 Å². The van der Waals surface area contributed by atoms with Crippen LogP contribution in [0.25, 0.3) is 0 Å². The van der Waals surface area contributed by atoms with Gasteiger partial charge in [0.1, 0.15) is 5.15 Å². The molecule has 1 heterocycles. The first-order valence-electron chi connectivity index (χ1n) is 5.55. The van der Waals surface area contributed by atoms with Crippen molar-refractivity contribution in [3.8, 4) is 0 Å². The Morgan fingerprint density at radius 3 is 2.65 bits per heavy atom. The number of amides is 1. The van der Waals surface area contributed by atoms with Gasteiger partial charge in [0.15, 0.2) is 0 Å². The third-order valence-electron chi connectivity index (χ3n) is 2.38. The van der Waals surface area contributed by atoms with Crippen molar-refractivity contribution in [1.29, 1.82) is 0 Å². The van der Waals surface area contributed by atoms with Crippen molar-refractivity contribution < 1.29 is 4.79 Å². The van der Waals surface area contributed by atoms with Gasteiger partial charge in [-0.1, -0.05) is 31.5 Å². The van der Waals surface area contributed by atoms with Crippen LogP contribution in [0, 0.1) is 0 Å². The van der Waals surface area contributed by atoms with Gasteiger partial charge in [0.2, 0.25) is 0 Å². The van der Waals surface area contributed by atoms with Crippen molar-refractivity contribution in [1.82, 2.24) is 10.3 Å². The Morgan fingerprint density at radius 1 is 1.47 bits per heavy atom. The summed E-state index contributed by atoms with van der Waals surface area (Å²) in [6, 6.07) is 3.26. The van der Waals surface area contributed by atoms with E-state index >= 15 is 0 Å². The first kappa shape index (κ1) is 13.7. The van der Waals surface area contributed by atoms with Crippen LogP contribution in [0.3, 0.4) is 0 Å². The molecule has 0 fully saturated rings. The monoisotopic (exact) mass is 252 g/mol. The molecule has 1 rings (SSSR count). The molecule has 1 amide bonds. The van der Waals surface area contributed by atoms with Gasteiger partial charge >= 0.3 is 0 Å². The molecule has 0 aliphatic rings. The molecule has 1 unspecified atom stereocenters. The maximum absolute atomic E-state index is 11.9. The van der Waals surface area contributed by atoms with E-state index in [4.69, 9.17) is 11.6 Å². The molecule has 4 heteroatoms. The number of carbonyl (C=O) groups excluding carboxylic acids is 1. The van der Waals surface area contributed by atoms with Crippen molar-refractivity contribution in [3.05, 3.63) is 41.2 Å². The number of rotatable bonds is 4. The average molecular weight is 253 g/mol. The predicted octanol–water partition coefficient (Wildman–Crippen LogP) is 3.16. The fourth-order valence-electron chi connectivity index (χ4n) is 1.29. The first-order valence-corrected chi connectivity index (χ1v) is 5.92. The van der Waals surface area contributed by atoms with Gasteiger partial charge in [-0.25, -0.2) is 4.98 Å². The Balaban J connectivity index is 2.97. The molecule has 1 atom stereocenters. The molecule has 0 saturated carbocycles. The molecule has 3 nitrogen and oxygen atoms in total. The minimum atomic E-state index is -0.163. The van der Waals surface area contributed by atoms with Gasteiger partial charge in [-0.3, -0.25) is 4.79 Å². The van der Waals surface area contributed by atoms with Crippen LogP contribution in [-0.4, -0.2) is 16.9 Å². The van der Waals surface area contributed by atoms with Crippen LogP contribution in [0.2, 0.25) is 5.15 Å².